The first kappa shape index (κ1) is 20.9. The number of carbonyl (C=O) groups is 2. The van der Waals surface area contributed by atoms with E-state index in [-0.39, 0.29) is 29.4 Å². The van der Waals surface area contributed by atoms with Crippen LogP contribution in [0, 0.1) is 5.92 Å². The standard InChI is InChI=1S/C21H24N2O5S2/c1-13-4-6-16-17(11-13)29-21(23-18(24)7-5-15-3-2-9-28-15)19(16)20(25)22-14-8-10-30(26,27)12-14/h2-3,5,7,9,13-14H,4,6,8,10-12H2,1H3,(H,22,25)(H,23,24)/b7-5+/t13-,14-/m1/s1. The Bertz CT molecular complexity index is 1080. The fourth-order valence-corrected chi connectivity index (χ4v) is 7.03. The highest BCUT2D eigenvalue weighted by Crippen LogP contribution is 2.39. The molecule has 0 spiro atoms. The highest BCUT2D eigenvalue weighted by atomic mass is 32.2. The van der Waals surface area contributed by atoms with E-state index in [2.05, 4.69) is 17.6 Å². The number of carbonyl (C=O) groups excluding carboxylic acids is 2. The third-order valence-corrected chi connectivity index (χ3v) is 8.42. The zero-order chi connectivity index (χ0) is 21.3. The summed E-state index contributed by atoms with van der Waals surface area (Å²) < 4.78 is 28.7. The van der Waals surface area contributed by atoms with E-state index in [0.29, 0.717) is 28.7 Å². The van der Waals surface area contributed by atoms with Crippen molar-refractivity contribution in [3.63, 3.8) is 0 Å². The van der Waals surface area contributed by atoms with Gasteiger partial charge in [-0.15, -0.1) is 11.3 Å². The molecule has 1 saturated heterocycles. The maximum absolute atomic E-state index is 13.1. The van der Waals surface area contributed by atoms with Gasteiger partial charge < -0.3 is 15.1 Å². The predicted octanol–water partition coefficient (Wildman–Crippen LogP) is 3.03. The number of rotatable bonds is 5. The van der Waals surface area contributed by atoms with Gasteiger partial charge in [-0.1, -0.05) is 6.92 Å². The van der Waals surface area contributed by atoms with Gasteiger partial charge in [-0.05, 0) is 55.4 Å². The minimum Gasteiger partial charge on any atom is -0.465 e. The molecule has 0 aromatic carbocycles. The molecule has 1 fully saturated rings. The van der Waals surface area contributed by atoms with Gasteiger partial charge in [0.05, 0.1) is 23.3 Å². The van der Waals surface area contributed by atoms with Gasteiger partial charge in [0.15, 0.2) is 9.84 Å². The van der Waals surface area contributed by atoms with Gasteiger partial charge in [0, 0.05) is 17.0 Å². The van der Waals surface area contributed by atoms with Crippen molar-refractivity contribution in [1.29, 1.82) is 0 Å². The number of nitrogens with one attached hydrogen (secondary N) is 2. The monoisotopic (exact) mass is 448 g/mol. The summed E-state index contributed by atoms with van der Waals surface area (Å²) in [7, 11) is -3.09. The topological polar surface area (TPSA) is 105 Å². The molecule has 0 unspecified atom stereocenters. The third kappa shape index (κ3) is 4.67. The maximum Gasteiger partial charge on any atom is 0.254 e. The minimum atomic E-state index is -3.09. The Hall–Kier alpha value is -2.39. The summed E-state index contributed by atoms with van der Waals surface area (Å²) >= 11 is 1.44. The Morgan fingerprint density at radius 1 is 1.30 bits per heavy atom. The number of furan rings is 1. The molecule has 0 bridgehead atoms. The smallest absolute Gasteiger partial charge is 0.254 e. The van der Waals surface area contributed by atoms with E-state index in [1.54, 1.807) is 18.2 Å². The van der Waals surface area contributed by atoms with Gasteiger partial charge in [-0.25, -0.2) is 8.42 Å². The van der Waals surface area contributed by atoms with Crippen LogP contribution in [0.15, 0.2) is 28.9 Å². The van der Waals surface area contributed by atoms with Crippen molar-refractivity contribution in [2.45, 2.75) is 38.6 Å². The molecule has 2 aromatic rings. The van der Waals surface area contributed by atoms with Crippen molar-refractivity contribution in [3.05, 3.63) is 46.2 Å². The largest absolute Gasteiger partial charge is 0.465 e. The first-order valence-electron chi connectivity index (χ1n) is 9.99. The van der Waals surface area contributed by atoms with Crippen LogP contribution in [0.4, 0.5) is 5.00 Å². The second-order valence-electron chi connectivity index (χ2n) is 7.97. The van der Waals surface area contributed by atoms with Gasteiger partial charge in [0.25, 0.3) is 5.91 Å². The van der Waals surface area contributed by atoms with Crippen LogP contribution in [0.25, 0.3) is 6.08 Å². The van der Waals surface area contributed by atoms with Crippen LogP contribution < -0.4 is 10.6 Å². The van der Waals surface area contributed by atoms with Crippen molar-refractivity contribution in [2.24, 2.45) is 5.92 Å². The number of anilines is 1. The van der Waals surface area contributed by atoms with Gasteiger partial charge in [0.1, 0.15) is 10.8 Å². The Balaban J connectivity index is 1.56. The zero-order valence-corrected chi connectivity index (χ0v) is 18.3. The van der Waals surface area contributed by atoms with E-state index >= 15 is 0 Å². The third-order valence-electron chi connectivity index (χ3n) is 5.49. The first-order chi connectivity index (χ1) is 14.3. The summed E-state index contributed by atoms with van der Waals surface area (Å²) in [6.07, 6.45) is 7.50. The molecule has 2 atom stereocenters. The minimum absolute atomic E-state index is 0.0321. The van der Waals surface area contributed by atoms with Crippen molar-refractivity contribution in [2.75, 3.05) is 16.8 Å². The molecule has 2 aromatic heterocycles. The number of sulfone groups is 1. The summed E-state index contributed by atoms with van der Waals surface area (Å²) in [5, 5.41) is 6.22. The van der Waals surface area contributed by atoms with Crippen LogP contribution in [-0.2, 0) is 27.5 Å². The van der Waals surface area contributed by atoms with Crippen LogP contribution in [0.5, 0.6) is 0 Å². The lowest BCUT2D eigenvalue weighted by molar-refractivity contribution is -0.111. The Kier molecular flexibility index (Phi) is 5.84. The van der Waals surface area contributed by atoms with Gasteiger partial charge in [-0.2, -0.15) is 0 Å². The molecule has 3 heterocycles. The summed E-state index contributed by atoms with van der Waals surface area (Å²) in [5.41, 5.74) is 1.45. The number of hydrogen-bond donors (Lipinski definition) is 2. The summed E-state index contributed by atoms with van der Waals surface area (Å²) in [4.78, 5) is 26.6. The first-order valence-corrected chi connectivity index (χ1v) is 12.6. The Morgan fingerprint density at radius 3 is 2.83 bits per heavy atom. The molecule has 1 aliphatic carbocycles. The molecular weight excluding hydrogens is 424 g/mol. The SMILES string of the molecule is C[C@@H]1CCc2c(sc(NC(=O)/C=C/c3ccco3)c2C(=O)N[C@@H]2CCS(=O)(=O)C2)C1. The molecule has 1 aliphatic heterocycles. The highest BCUT2D eigenvalue weighted by molar-refractivity contribution is 7.91. The van der Waals surface area contributed by atoms with Crippen LogP contribution in [0.2, 0.25) is 0 Å². The molecule has 160 valence electrons. The van der Waals surface area contributed by atoms with Crippen molar-refractivity contribution in [3.8, 4) is 0 Å². The van der Waals surface area contributed by atoms with Crippen LogP contribution >= 0.6 is 11.3 Å². The number of fused-ring (bicyclic) bond motifs is 1. The molecule has 7 nitrogen and oxygen atoms in total. The van der Waals surface area contributed by atoms with Crippen molar-refractivity contribution < 1.29 is 22.4 Å². The van der Waals surface area contributed by atoms with Gasteiger partial charge >= 0.3 is 0 Å². The summed E-state index contributed by atoms with van der Waals surface area (Å²) in [6.45, 7) is 2.18. The number of amides is 2. The van der Waals surface area contributed by atoms with Crippen LogP contribution in [0.3, 0.4) is 0 Å². The molecule has 2 N–H and O–H groups in total. The fraction of sp³-hybridized carbons (Fsp3) is 0.429. The zero-order valence-electron chi connectivity index (χ0n) is 16.6. The fourth-order valence-electron chi connectivity index (χ4n) is 3.94. The maximum atomic E-state index is 13.1. The Labute approximate surface area is 179 Å². The van der Waals surface area contributed by atoms with E-state index in [1.165, 1.54) is 23.7 Å². The summed E-state index contributed by atoms with van der Waals surface area (Å²) in [5.74, 6) is 0.484. The lowest BCUT2D eigenvalue weighted by atomic mass is 9.88. The number of hydrogen-bond acceptors (Lipinski definition) is 6. The quantitative estimate of drug-likeness (QED) is 0.684. The van der Waals surface area contributed by atoms with E-state index in [4.69, 9.17) is 4.42 Å². The van der Waals surface area contributed by atoms with Gasteiger partial charge in [-0.3, -0.25) is 9.59 Å². The van der Waals surface area contributed by atoms with E-state index < -0.39 is 9.84 Å². The van der Waals surface area contributed by atoms with Crippen molar-refractivity contribution >= 4 is 44.1 Å². The molecule has 2 amide bonds. The molecule has 0 saturated carbocycles. The number of thiophene rings is 1. The van der Waals surface area contributed by atoms with Crippen LogP contribution in [-0.4, -0.2) is 37.8 Å². The molecule has 30 heavy (non-hydrogen) atoms. The second-order valence-corrected chi connectivity index (χ2v) is 11.3. The molecular formula is C21H24N2O5S2. The molecule has 9 heteroatoms. The van der Waals surface area contributed by atoms with E-state index in [9.17, 15) is 18.0 Å². The Morgan fingerprint density at radius 2 is 2.13 bits per heavy atom. The molecule has 0 radical (unpaired) electrons. The average molecular weight is 449 g/mol. The summed E-state index contributed by atoms with van der Waals surface area (Å²) in [6, 6.07) is 3.09. The molecule has 2 aliphatic rings. The predicted molar refractivity (Wildman–Crippen MR) is 116 cm³/mol. The second kappa shape index (κ2) is 8.39. The van der Waals surface area contributed by atoms with Crippen LogP contribution in [0.1, 0.15) is 46.3 Å². The van der Waals surface area contributed by atoms with Gasteiger partial charge in [0.2, 0.25) is 5.91 Å². The molecule has 4 rings (SSSR count). The lowest BCUT2D eigenvalue weighted by Crippen LogP contribution is -2.36. The lowest BCUT2D eigenvalue weighted by Gasteiger charge is -2.19. The normalized spacial score (nSPS) is 22.7. The average Bonchev–Trinajstić information content (AvgIpc) is 3.38. The van der Waals surface area contributed by atoms with Crippen molar-refractivity contribution in [1.82, 2.24) is 5.32 Å². The highest BCUT2D eigenvalue weighted by Gasteiger charge is 2.32. The van der Waals surface area contributed by atoms with E-state index in [1.807, 2.05) is 0 Å². The van der Waals surface area contributed by atoms with E-state index in [0.717, 1.165) is 29.7 Å².